The highest BCUT2D eigenvalue weighted by molar-refractivity contribution is 6.30. The summed E-state index contributed by atoms with van der Waals surface area (Å²) >= 11 is 6.23. The summed E-state index contributed by atoms with van der Waals surface area (Å²) in [7, 11) is 1.62. The molecular weight excluding hydrogens is 498 g/mol. The molecule has 1 aliphatic carbocycles. The second-order valence-corrected chi connectivity index (χ2v) is 11.1. The fourth-order valence-electron chi connectivity index (χ4n) is 5.88. The van der Waals surface area contributed by atoms with Gasteiger partial charge in [-0.05, 0) is 91.3 Å². The van der Waals surface area contributed by atoms with Crippen molar-refractivity contribution in [1.82, 2.24) is 0 Å². The Morgan fingerprint density at radius 3 is 2.26 bits per heavy atom. The molecule has 200 valence electrons. The first-order valence-corrected chi connectivity index (χ1v) is 14.0. The molecule has 1 N–H and O–H groups in total. The first-order chi connectivity index (χ1) is 18.4. The Morgan fingerprint density at radius 2 is 1.63 bits per heavy atom. The summed E-state index contributed by atoms with van der Waals surface area (Å²) in [6, 6.07) is 19.1. The number of aliphatic hydroxyl groups is 1. The van der Waals surface area contributed by atoms with E-state index in [1.54, 1.807) is 7.11 Å². The number of hydrogen-bond acceptors (Lipinski definition) is 4. The normalized spacial score (nSPS) is 18.8. The monoisotopic (exact) mass is 533 g/mol. The molecule has 5 rings (SSSR count). The second kappa shape index (κ2) is 11.4. The lowest BCUT2D eigenvalue weighted by Crippen LogP contribution is -2.41. The quantitative estimate of drug-likeness (QED) is 0.343. The summed E-state index contributed by atoms with van der Waals surface area (Å²) < 4.78 is 11.7. The van der Waals surface area contributed by atoms with Crippen LogP contribution in [0.15, 0.2) is 60.7 Å². The van der Waals surface area contributed by atoms with E-state index in [2.05, 4.69) is 0 Å². The number of halogens is 1. The molecule has 3 aromatic carbocycles. The van der Waals surface area contributed by atoms with Crippen molar-refractivity contribution in [3.63, 3.8) is 0 Å². The van der Waals surface area contributed by atoms with Crippen LogP contribution < -0.4 is 14.4 Å². The number of aliphatic hydroxyl groups excluding tert-OH is 1. The Labute approximate surface area is 230 Å². The number of fused-ring (bicyclic) bond motifs is 1. The van der Waals surface area contributed by atoms with Crippen LogP contribution in [0, 0.1) is 5.92 Å². The van der Waals surface area contributed by atoms with Crippen LogP contribution in [0.5, 0.6) is 11.5 Å². The zero-order valence-electron chi connectivity index (χ0n) is 22.3. The summed E-state index contributed by atoms with van der Waals surface area (Å²) in [6.45, 7) is 3.96. The van der Waals surface area contributed by atoms with Gasteiger partial charge in [0.15, 0.2) is 11.5 Å². The van der Waals surface area contributed by atoms with Crippen LogP contribution in [-0.2, 0) is 11.2 Å². The number of nitrogens with zero attached hydrogens (tertiary/aromatic N) is 1. The molecule has 0 bridgehead atoms. The summed E-state index contributed by atoms with van der Waals surface area (Å²) in [5.74, 6) is 1.57. The van der Waals surface area contributed by atoms with Crippen LogP contribution in [-0.4, -0.2) is 24.2 Å². The van der Waals surface area contributed by atoms with Crippen LogP contribution in [0.25, 0.3) is 0 Å². The largest absolute Gasteiger partial charge is 0.493 e. The fourth-order valence-corrected chi connectivity index (χ4v) is 6.01. The van der Waals surface area contributed by atoms with E-state index in [0.717, 1.165) is 40.8 Å². The number of anilines is 1. The maximum Gasteiger partial charge on any atom is 0.232 e. The molecule has 5 nitrogen and oxygen atoms in total. The summed E-state index contributed by atoms with van der Waals surface area (Å²) in [5, 5.41) is 11.7. The molecule has 1 amide bonds. The summed E-state index contributed by atoms with van der Waals surface area (Å²) in [5.41, 5.74) is 4.57. The van der Waals surface area contributed by atoms with Crippen LogP contribution in [0.1, 0.15) is 80.4 Å². The molecule has 2 atom stereocenters. The third-order valence-corrected chi connectivity index (χ3v) is 8.00. The van der Waals surface area contributed by atoms with Gasteiger partial charge in [0.25, 0.3) is 0 Å². The third kappa shape index (κ3) is 5.41. The van der Waals surface area contributed by atoms with Gasteiger partial charge in [0.2, 0.25) is 5.91 Å². The van der Waals surface area contributed by atoms with E-state index in [1.807, 2.05) is 79.4 Å². The number of amides is 1. The van der Waals surface area contributed by atoms with Gasteiger partial charge in [0.1, 0.15) is 0 Å². The molecule has 38 heavy (non-hydrogen) atoms. The van der Waals surface area contributed by atoms with E-state index in [9.17, 15) is 9.90 Å². The number of carbonyl (C=O) groups excluding carboxylic acids is 1. The van der Waals surface area contributed by atoms with E-state index in [4.69, 9.17) is 21.1 Å². The van der Waals surface area contributed by atoms with Gasteiger partial charge in [0.05, 0.1) is 31.8 Å². The van der Waals surface area contributed by atoms with E-state index in [0.29, 0.717) is 22.4 Å². The van der Waals surface area contributed by atoms with Crippen LogP contribution in [0.2, 0.25) is 5.02 Å². The molecule has 1 unspecified atom stereocenters. The molecule has 0 radical (unpaired) electrons. The van der Waals surface area contributed by atoms with Crippen LogP contribution >= 0.6 is 11.6 Å². The molecule has 3 aromatic rings. The SMILES string of the molecule is COc1cc2c(cc1OC(C)C)C(c1ccc(Cl)cc1)N(c1ccc([C@@H](O)C3CCCCC3)cc1)C(=O)C2. The van der Waals surface area contributed by atoms with E-state index in [1.165, 1.54) is 19.3 Å². The molecule has 0 spiro atoms. The van der Waals surface area contributed by atoms with Crippen molar-refractivity contribution in [3.05, 3.63) is 87.9 Å². The van der Waals surface area contributed by atoms with Crippen molar-refractivity contribution in [2.45, 2.75) is 70.6 Å². The first-order valence-electron chi connectivity index (χ1n) is 13.6. The van der Waals surface area contributed by atoms with Gasteiger partial charge in [-0.3, -0.25) is 4.79 Å². The van der Waals surface area contributed by atoms with Crippen LogP contribution in [0.3, 0.4) is 0 Å². The Kier molecular flexibility index (Phi) is 7.96. The number of carbonyl (C=O) groups is 1. The van der Waals surface area contributed by atoms with Crippen molar-refractivity contribution in [3.8, 4) is 11.5 Å². The lowest BCUT2D eigenvalue weighted by atomic mass is 9.82. The third-order valence-electron chi connectivity index (χ3n) is 7.75. The summed E-state index contributed by atoms with van der Waals surface area (Å²) in [4.78, 5) is 15.6. The van der Waals surface area contributed by atoms with Gasteiger partial charge < -0.3 is 19.5 Å². The number of hydrogen-bond donors (Lipinski definition) is 1. The molecule has 1 aliphatic heterocycles. The van der Waals surface area contributed by atoms with E-state index >= 15 is 0 Å². The van der Waals surface area contributed by atoms with Gasteiger partial charge in [-0.1, -0.05) is 55.1 Å². The molecular formula is C32H36ClNO4. The number of ether oxygens (including phenoxy) is 2. The second-order valence-electron chi connectivity index (χ2n) is 10.7. The average molecular weight is 534 g/mol. The highest BCUT2D eigenvalue weighted by Gasteiger charge is 2.36. The molecule has 1 saturated carbocycles. The number of benzene rings is 3. The zero-order chi connectivity index (χ0) is 26.8. The molecule has 2 aliphatic rings. The van der Waals surface area contributed by atoms with Crippen molar-refractivity contribution in [1.29, 1.82) is 0 Å². The Balaban J connectivity index is 1.56. The van der Waals surface area contributed by atoms with Gasteiger partial charge >= 0.3 is 0 Å². The van der Waals surface area contributed by atoms with Crippen molar-refractivity contribution in [2.24, 2.45) is 5.92 Å². The maximum absolute atomic E-state index is 13.7. The Morgan fingerprint density at radius 1 is 0.947 bits per heavy atom. The highest BCUT2D eigenvalue weighted by atomic mass is 35.5. The number of rotatable bonds is 7. The minimum absolute atomic E-state index is 0.00221. The van der Waals surface area contributed by atoms with Crippen molar-refractivity contribution in [2.75, 3.05) is 12.0 Å². The molecule has 1 heterocycles. The van der Waals surface area contributed by atoms with Gasteiger partial charge in [-0.25, -0.2) is 0 Å². The van der Waals surface area contributed by atoms with Gasteiger partial charge in [-0.15, -0.1) is 0 Å². The first kappa shape index (κ1) is 26.6. The minimum atomic E-state index is -0.475. The van der Waals surface area contributed by atoms with Crippen molar-refractivity contribution >= 4 is 23.2 Å². The van der Waals surface area contributed by atoms with Crippen LogP contribution in [0.4, 0.5) is 5.69 Å². The van der Waals surface area contributed by atoms with Gasteiger partial charge in [-0.2, -0.15) is 0 Å². The smallest absolute Gasteiger partial charge is 0.232 e. The average Bonchev–Trinajstić information content (AvgIpc) is 2.93. The zero-order valence-corrected chi connectivity index (χ0v) is 23.1. The van der Waals surface area contributed by atoms with E-state index < -0.39 is 6.10 Å². The molecule has 0 aromatic heterocycles. The minimum Gasteiger partial charge on any atom is -0.493 e. The predicted octanol–water partition coefficient (Wildman–Crippen LogP) is 7.43. The molecule has 6 heteroatoms. The molecule has 1 fully saturated rings. The van der Waals surface area contributed by atoms with E-state index in [-0.39, 0.29) is 24.5 Å². The Hall–Kier alpha value is -3.02. The van der Waals surface area contributed by atoms with Crippen molar-refractivity contribution < 1.29 is 19.4 Å². The summed E-state index contributed by atoms with van der Waals surface area (Å²) in [6.07, 6.45) is 5.49. The fraction of sp³-hybridized carbons (Fsp3) is 0.406. The highest BCUT2D eigenvalue weighted by Crippen LogP contribution is 2.44. The number of methoxy groups -OCH3 is 1. The lowest BCUT2D eigenvalue weighted by Gasteiger charge is -2.38. The maximum atomic E-state index is 13.7. The predicted molar refractivity (Wildman–Crippen MR) is 151 cm³/mol. The Bertz CT molecular complexity index is 1270. The topological polar surface area (TPSA) is 59.0 Å². The van der Waals surface area contributed by atoms with Gasteiger partial charge in [0, 0.05) is 10.7 Å². The lowest BCUT2D eigenvalue weighted by molar-refractivity contribution is -0.118. The standard InChI is InChI=1S/C32H36ClNO4/c1-20(2)38-29-19-27-24(17-28(29)37-3)18-30(35)34(31(27)21-9-13-25(33)14-10-21)26-15-11-23(12-16-26)32(36)22-7-5-4-6-8-22/h9-17,19-20,22,31-32,36H,4-8,18H2,1-3H3/t31?,32-/m0/s1. The molecule has 0 saturated heterocycles.